The molecule has 52 heavy (non-hydrogen) atoms. The summed E-state index contributed by atoms with van der Waals surface area (Å²) in [6, 6.07) is 0. The van der Waals surface area contributed by atoms with E-state index in [-0.39, 0.29) is 45.8 Å². The summed E-state index contributed by atoms with van der Waals surface area (Å²) in [6.07, 6.45) is 11.3. The van der Waals surface area contributed by atoms with Gasteiger partial charge in [-0.25, -0.2) is 0 Å². The van der Waals surface area contributed by atoms with Crippen molar-refractivity contribution in [1.29, 1.82) is 0 Å². The minimum Gasteiger partial charge on any atom is -0.462 e. The van der Waals surface area contributed by atoms with Gasteiger partial charge in [-0.2, -0.15) is 0 Å². The molecule has 8 nitrogen and oxygen atoms in total. The highest BCUT2D eigenvalue weighted by Gasteiger charge is 2.69. The van der Waals surface area contributed by atoms with Crippen molar-refractivity contribution >= 4 is 46.7 Å². The number of aliphatic hydroxyl groups is 2. The van der Waals surface area contributed by atoms with Crippen LogP contribution in [0.3, 0.4) is 0 Å². The van der Waals surface area contributed by atoms with Gasteiger partial charge in [0, 0.05) is 50.4 Å². The number of Topliss-reactive ketones (excluding diaryl/α,β-unsaturated/α-hetero) is 2. The zero-order valence-corrected chi connectivity index (χ0v) is 33.7. The number of hydrogen-bond acceptors (Lipinski definition) is 8. The van der Waals surface area contributed by atoms with Gasteiger partial charge in [-0.15, -0.1) is 23.2 Å². The van der Waals surface area contributed by atoms with Gasteiger partial charge in [0.05, 0.1) is 22.0 Å². The summed E-state index contributed by atoms with van der Waals surface area (Å²) in [7, 11) is 0. The van der Waals surface area contributed by atoms with E-state index in [9.17, 15) is 29.4 Å². The lowest BCUT2D eigenvalue weighted by molar-refractivity contribution is -0.172. The Kier molecular flexibility index (Phi) is 9.90. The monoisotopic (exact) mass is 764 g/mol. The maximum absolute atomic E-state index is 12.5. The summed E-state index contributed by atoms with van der Waals surface area (Å²) in [4.78, 5) is 46.3. The van der Waals surface area contributed by atoms with Crippen LogP contribution in [0.5, 0.6) is 0 Å². The fourth-order valence-corrected chi connectivity index (χ4v) is 15.6. The molecule has 0 aliphatic heterocycles. The van der Waals surface area contributed by atoms with E-state index in [1.807, 2.05) is 0 Å². The van der Waals surface area contributed by atoms with Crippen LogP contribution in [0.2, 0.25) is 0 Å². The average Bonchev–Trinajstić information content (AvgIpc) is 3.54. The highest BCUT2D eigenvalue weighted by atomic mass is 35.5. The second kappa shape index (κ2) is 13.2. The maximum Gasteiger partial charge on any atom is 0.302 e. The van der Waals surface area contributed by atoms with Crippen LogP contribution in [-0.4, -0.2) is 67.9 Å². The Morgan fingerprint density at radius 2 is 0.962 bits per heavy atom. The number of alkyl halides is 2. The molecule has 0 heterocycles. The van der Waals surface area contributed by atoms with E-state index < -0.39 is 22.0 Å². The average molecular weight is 766 g/mol. The van der Waals surface area contributed by atoms with E-state index in [2.05, 4.69) is 27.7 Å². The standard InChI is InChI=1S/2C21H31ClO4/c2*1-12(23)26-13-6-9-20(3)16-7-8-19(2)15(4-5-17(19)24)14(16)10-18(25)21(20,22)11-13/h2*13-16,18,25H,4-11H2,1-3H3/t2*13-,14-,15-,16-,18+,19-,20+,21-/m00/s1. The molecule has 2 N–H and O–H groups in total. The van der Waals surface area contributed by atoms with Gasteiger partial charge >= 0.3 is 11.9 Å². The largest absolute Gasteiger partial charge is 0.462 e. The van der Waals surface area contributed by atoms with Crippen LogP contribution in [-0.2, 0) is 28.7 Å². The van der Waals surface area contributed by atoms with Gasteiger partial charge in [-0.3, -0.25) is 19.2 Å². The van der Waals surface area contributed by atoms with Crippen LogP contribution < -0.4 is 0 Å². The van der Waals surface area contributed by atoms with E-state index in [0.29, 0.717) is 85.6 Å². The molecule has 0 unspecified atom stereocenters. The van der Waals surface area contributed by atoms with E-state index in [4.69, 9.17) is 32.7 Å². The molecule has 0 saturated heterocycles. The van der Waals surface area contributed by atoms with Crippen LogP contribution >= 0.6 is 23.2 Å². The lowest BCUT2D eigenvalue weighted by atomic mass is 9.44. The van der Waals surface area contributed by atoms with Gasteiger partial charge in [0.1, 0.15) is 23.8 Å². The van der Waals surface area contributed by atoms with Crippen molar-refractivity contribution in [1.82, 2.24) is 0 Å². The first-order valence-electron chi connectivity index (χ1n) is 20.4. The van der Waals surface area contributed by atoms with Crippen LogP contribution in [0.1, 0.15) is 144 Å². The Morgan fingerprint density at radius 1 is 0.596 bits per heavy atom. The fourth-order valence-electron chi connectivity index (χ4n) is 14.6. The normalized spacial score (nSPS) is 53.4. The Morgan fingerprint density at radius 3 is 1.31 bits per heavy atom. The predicted molar refractivity (Wildman–Crippen MR) is 198 cm³/mol. The molecule has 0 aromatic carbocycles. The lowest BCUT2D eigenvalue weighted by Crippen LogP contribution is -2.66. The summed E-state index contributed by atoms with van der Waals surface area (Å²) < 4.78 is 10.9. The van der Waals surface area contributed by atoms with Crippen molar-refractivity contribution in [3.05, 3.63) is 0 Å². The number of esters is 2. The van der Waals surface area contributed by atoms with Gasteiger partial charge in [-0.1, -0.05) is 27.7 Å². The molecule has 0 bridgehead atoms. The first kappa shape index (κ1) is 39.0. The lowest BCUT2D eigenvalue weighted by Gasteiger charge is -2.64. The fraction of sp³-hybridized carbons (Fsp3) is 0.905. The minimum atomic E-state index is -0.747. The SMILES string of the molecule is CC(=O)O[C@H]1CC[C@]2(C)[C@H]3CC[C@]4(C)C(=O)CC[C@H]4[C@@H]3C[C@@H](O)[C@@]2(Cl)C1.CC(=O)O[C@H]1CC[C@]2(C)[C@H]3CC[C@]4(C)C(=O)CC[C@H]4[C@@H]3C[C@@H](O)[C@@]2(Cl)C1. The quantitative estimate of drug-likeness (QED) is 0.216. The smallest absolute Gasteiger partial charge is 0.302 e. The number of ether oxygens (including phenoxy) is 2. The van der Waals surface area contributed by atoms with E-state index in [1.165, 1.54) is 13.8 Å². The van der Waals surface area contributed by atoms with Gasteiger partial charge < -0.3 is 19.7 Å². The number of hydrogen-bond donors (Lipinski definition) is 2. The van der Waals surface area contributed by atoms with Crippen LogP contribution in [0.25, 0.3) is 0 Å². The third kappa shape index (κ3) is 5.62. The summed E-state index contributed by atoms with van der Waals surface area (Å²) in [5.74, 6) is 2.66. The van der Waals surface area contributed by atoms with Crippen molar-refractivity contribution in [3.63, 3.8) is 0 Å². The minimum absolute atomic E-state index is 0.180. The molecular weight excluding hydrogens is 703 g/mol. The molecule has 8 aliphatic carbocycles. The molecule has 0 aromatic heterocycles. The molecule has 0 radical (unpaired) electrons. The molecule has 16 atom stereocenters. The first-order valence-corrected chi connectivity index (χ1v) is 21.1. The molecule has 8 aliphatic rings. The summed E-state index contributed by atoms with van der Waals surface area (Å²) in [5, 5.41) is 22.3. The summed E-state index contributed by atoms with van der Waals surface area (Å²) >= 11 is 14.3. The number of ketones is 2. The number of fused-ring (bicyclic) bond motifs is 10. The number of aliphatic hydroxyl groups excluding tert-OH is 2. The van der Waals surface area contributed by atoms with Gasteiger partial charge in [0.2, 0.25) is 0 Å². The molecule has 0 aromatic rings. The van der Waals surface area contributed by atoms with E-state index in [0.717, 1.165) is 64.2 Å². The number of carbonyl (C=O) groups excluding carboxylic acids is 4. The first-order chi connectivity index (χ1) is 24.2. The van der Waals surface area contributed by atoms with Crippen molar-refractivity contribution in [2.75, 3.05) is 0 Å². The van der Waals surface area contributed by atoms with E-state index >= 15 is 0 Å². The Balaban J connectivity index is 0.000000162. The number of carbonyl (C=O) groups is 4. The van der Waals surface area contributed by atoms with Crippen molar-refractivity contribution in [2.45, 2.75) is 178 Å². The molecule has 8 rings (SSSR count). The summed E-state index contributed by atoms with van der Waals surface area (Å²) in [5.41, 5.74) is -0.752. The second-order valence-corrected chi connectivity index (χ2v) is 20.9. The summed E-state index contributed by atoms with van der Waals surface area (Å²) in [6.45, 7) is 11.6. The highest BCUT2D eigenvalue weighted by Crippen LogP contribution is 2.70. The number of rotatable bonds is 2. The van der Waals surface area contributed by atoms with Crippen LogP contribution in [0, 0.1) is 57.2 Å². The van der Waals surface area contributed by atoms with Crippen molar-refractivity contribution in [3.8, 4) is 0 Å². The number of halogens is 2. The van der Waals surface area contributed by atoms with Crippen molar-refractivity contribution in [2.24, 2.45) is 57.2 Å². The third-order valence-corrected chi connectivity index (χ3v) is 19.2. The Labute approximate surface area is 320 Å². The molecular formula is C42H62Cl2O8. The highest BCUT2D eigenvalue weighted by molar-refractivity contribution is 6.25. The molecule has 8 saturated carbocycles. The second-order valence-electron chi connectivity index (χ2n) is 19.6. The molecule has 0 spiro atoms. The molecule has 0 amide bonds. The van der Waals surface area contributed by atoms with Gasteiger partial charge in [0.15, 0.2) is 0 Å². The van der Waals surface area contributed by atoms with Gasteiger partial charge in [0.25, 0.3) is 0 Å². The van der Waals surface area contributed by atoms with Crippen LogP contribution in [0.15, 0.2) is 0 Å². The van der Waals surface area contributed by atoms with Gasteiger partial charge in [-0.05, 0) is 123 Å². The zero-order chi connectivity index (χ0) is 37.8. The Bertz CT molecular complexity index is 1380. The van der Waals surface area contributed by atoms with E-state index in [1.54, 1.807) is 0 Å². The third-order valence-electron chi connectivity index (χ3n) is 17.6. The maximum atomic E-state index is 12.5. The molecule has 292 valence electrons. The molecule has 8 fully saturated rings. The topological polar surface area (TPSA) is 127 Å². The Hall–Kier alpha value is -1.22. The zero-order valence-electron chi connectivity index (χ0n) is 32.2. The van der Waals surface area contributed by atoms with Crippen LogP contribution in [0.4, 0.5) is 0 Å². The predicted octanol–water partition coefficient (Wildman–Crippen LogP) is 7.72. The molecule has 10 heteroatoms. The van der Waals surface area contributed by atoms with Crippen molar-refractivity contribution < 1.29 is 38.9 Å².